The molecule has 4 rings (SSSR count). The van der Waals surface area contributed by atoms with Gasteiger partial charge in [0.2, 0.25) is 0 Å². The largest absolute Gasteiger partial charge is 0.444 e. The molecule has 0 saturated heterocycles. The second-order valence-electron chi connectivity index (χ2n) is 8.47. The molecule has 0 bridgehead atoms. The molecule has 28 heavy (non-hydrogen) atoms. The number of halogens is 1. The van der Waals surface area contributed by atoms with Gasteiger partial charge in [0.15, 0.2) is 0 Å². The van der Waals surface area contributed by atoms with Crippen LogP contribution in [0.1, 0.15) is 56.3 Å². The molecule has 7 nitrogen and oxygen atoms in total. The fourth-order valence-corrected chi connectivity index (χ4v) is 3.96. The summed E-state index contributed by atoms with van der Waals surface area (Å²) in [4.78, 5) is 38.8. The van der Waals surface area contributed by atoms with Gasteiger partial charge in [-0.05, 0) is 61.2 Å². The fraction of sp³-hybridized carbons (Fsp3) is 0.500. The number of carbonyl (C=O) groups excluding carboxylic acids is 1. The second kappa shape index (κ2) is 6.69. The molecule has 1 N–H and O–H groups in total. The number of nitrogens with one attached hydrogen (secondary N) is 1. The molecule has 3 heterocycles. The summed E-state index contributed by atoms with van der Waals surface area (Å²) in [5, 5.41) is 0. The highest BCUT2D eigenvalue weighted by Gasteiger charge is 2.49. The number of hydrogen-bond donors (Lipinski definition) is 1. The van der Waals surface area contributed by atoms with Crippen molar-refractivity contribution in [2.75, 3.05) is 6.54 Å². The van der Waals surface area contributed by atoms with Crippen LogP contribution in [-0.2, 0) is 23.1 Å². The number of nitrogens with zero attached hydrogens (tertiary/aromatic N) is 3. The van der Waals surface area contributed by atoms with E-state index in [2.05, 4.69) is 25.9 Å². The summed E-state index contributed by atoms with van der Waals surface area (Å²) in [7, 11) is 0. The van der Waals surface area contributed by atoms with Crippen LogP contribution in [0.3, 0.4) is 0 Å². The third-order valence-corrected chi connectivity index (χ3v) is 5.61. The van der Waals surface area contributed by atoms with Crippen molar-refractivity contribution in [3.05, 3.63) is 55.9 Å². The maximum absolute atomic E-state index is 12.8. The van der Waals surface area contributed by atoms with Crippen LogP contribution in [-0.4, -0.2) is 38.1 Å². The summed E-state index contributed by atoms with van der Waals surface area (Å²) in [6.07, 6.45) is 5.57. The molecular weight excluding hydrogens is 424 g/mol. The van der Waals surface area contributed by atoms with Gasteiger partial charge in [0.1, 0.15) is 11.4 Å². The SMILES string of the molecule is CC(C)(C)OC(=O)N1CCc2nc(C3(c4cncc(Br)c4)CC3)[nH]c(=O)c2C1. The van der Waals surface area contributed by atoms with Gasteiger partial charge in [-0.3, -0.25) is 9.78 Å². The Morgan fingerprint density at radius 2 is 2.07 bits per heavy atom. The van der Waals surface area contributed by atoms with E-state index in [1.54, 1.807) is 11.1 Å². The number of aromatic nitrogens is 3. The fourth-order valence-electron chi connectivity index (χ4n) is 3.59. The highest BCUT2D eigenvalue weighted by molar-refractivity contribution is 9.10. The summed E-state index contributed by atoms with van der Waals surface area (Å²) >= 11 is 3.47. The number of aromatic amines is 1. The normalized spacial score (nSPS) is 17.8. The molecule has 1 saturated carbocycles. The molecule has 0 aromatic carbocycles. The van der Waals surface area contributed by atoms with Crippen LogP contribution in [0.15, 0.2) is 27.7 Å². The lowest BCUT2D eigenvalue weighted by Gasteiger charge is -2.30. The quantitative estimate of drug-likeness (QED) is 0.764. The van der Waals surface area contributed by atoms with E-state index in [0.717, 1.165) is 28.6 Å². The molecular formula is C20H23BrN4O3. The summed E-state index contributed by atoms with van der Waals surface area (Å²) in [5.41, 5.74) is 1.35. The van der Waals surface area contributed by atoms with E-state index in [-0.39, 0.29) is 17.5 Å². The zero-order valence-electron chi connectivity index (χ0n) is 16.2. The average molecular weight is 447 g/mol. The number of carbonyl (C=O) groups is 1. The van der Waals surface area contributed by atoms with E-state index in [9.17, 15) is 9.59 Å². The lowest BCUT2D eigenvalue weighted by Crippen LogP contribution is -2.42. The van der Waals surface area contributed by atoms with Crippen molar-refractivity contribution in [1.29, 1.82) is 0 Å². The first-order chi connectivity index (χ1) is 13.2. The minimum absolute atomic E-state index is 0.178. The first-order valence-electron chi connectivity index (χ1n) is 9.39. The Balaban J connectivity index is 1.62. The highest BCUT2D eigenvalue weighted by atomic mass is 79.9. The predicted molar refractivity (Wildman–Crippen MR) is 107 cm³/mol. The molecule has 0 unspecified atom stereocenters. The molecule has 0 atom stereocenters. The number of pyridine rings is 1. The molecule has 1 aliphatic carbocycles. The van der Waals surface area contributed by atoms with Gasteiger partial charge in [-0.15, -0.1) is 0 Å². The number of ether oxygens (including phenoxy) is 1. The van der Waals surface area contributed by atoms with Gasteiger partial charge >= 0.3 is 6.09 Å². The van der Waals surface area contributed by atoms with Gasteiger partial charge in [-0.2, -0.15) is 0 Å². The molecule has 2 aliphatic rings. The van der Waals surface area contributed by atoms with E-state index >= 15 is 0 Å². The van der Waals surface area contributed by atoms with Crippen molar-refractivity contribution in [2.24, 2.45) is 0 Å². The van der Waals surface area contributed by atoms with Gasteiger partial charge in [-0.1, -0.05) is 0 Å². The smallest absolute Gasteiger partial charge is 0.410 e. The number of hydrogen-bond acceptors (Lipinski definition) is 5. The molecule has 0 radical (unpaired) electrons. The van der Waals surface area contributed by atoms with E-state index in [1.165, 1.54) is 0 Å². The van der Waals surface area contributed by atoms with Crippen LogP contribution in [0, 0.1) is 0 Å². The summed E-state index contributed by atoms with van der Waals surface area (Å²) in [5.74, 6) is 0.696. The Morgan fingerprint density at radius 3 is 2.71 bits per heavy atom. The molecule has 2 aromatic heterocycles. The number of amides is 1. The van der Waals surface area contributed by atoms with Crippen molar-refractivity contribution in [2.45, 2.75) is 57.6 Å². The van der Waals surface area contributed by atoms with Crippen molar-refractivity contribution < 1.29 is 9.53 Å². The van der Waals surface area contributed by atoms with Gasteiger partial charge in [-0.25, -0.2) is 9.78 Å². The minimum atomic E-state index is -0.567. The number of fused-ring (bicyclic) bond motifs is 1. The van der Waals surface area contributed by atoms with Crippen molar-refractivity contribution >= 4 is 22.0 Å². The van der Waals surface area contributed by atoms with Gasteiger partial charge in [0, 0.05) is 29.8 Å². The van der Waals surface area contributed by atoms with Gasteiger partial charge in [0.25, 0.3) is 5.56 Å². The summed E-state index contributed by atoms with van der Waals surface area (Å²) in [6.45, 7) is 6.20. The third-order valence-electron chi connectivity index (χ3n) is 5.18. The van der Waals surface area contributed by atoms with Gasteiger partial charge < -0.3 is 14.6 Å². The maximum Gasteiger partial charge on any atom is 0.410 e. The van der Waals surface area contributed by atoms with E-state index in [4.69, 9.17) is 9.72 Å². The standard InChI is InChI=1S/C20H23BrN4O3/c1-19(2,3)28-18(27)25-7-4-15-14(11-25)16(26)24-17(23-15)20(5-6-20)12-8-13(21)10-22-9-12/h8-10H,4-7,11H2,1-3H3,(H,23,24,26). The topological polar surface area (TPSA) is 88.2 Å². The first kappa shape index (κ1) is 19.1. The van der Waals surface area contributed by atoms with Crippen LogP contribution in [0.4, 0.5) is 4.79 Å². The monoisotopic (exact) mass is 446 g/mol. The zero-order chi connectivity index (χ0) is 20.1. The van der Waals surface area contributed by atoms with Crippen LogP contribution in [0.2, 0.25) is 0 Å². The lowest BCUT2D eigenvalue weighted by atomic mass is 9.96. The van der Waals surface area contributed by atoms with Crippen molar-refractivity contribution in [3.63, 3.8) is 0 Å². The molecule has 1 amide bonds. The van der Waals surface area contributed by atoms with E-state index < -0.39 is 11.7 Å². The molecule has 1 fully saturated rings. The lowest BCUT2D eigenvalue weighted by molar-refractivity contribution is 0.0221. The first-order valence-corrected chi connectivity index (χ1v) is 10.2. The van der Waals surface area contributed by atoms with Crippen molar-refractivity contribution in [3.8, 4) is 0 Å². The average Bonchev–Trinajstić information content (AvgIpc) is 3.42. The van der Waals surface area contributed by atoms with Crippen LogP contribution < -0.4 is 5.56 Å². The zero-order valence-corrected chi connectivity index (χ0v) is 17.8. The van der Waals surface area contributed by atoms with Gasteiger partial charge in [0.05, 0.1) is 23.2 Å². The third kappa shape index (κ3) is 3.57. The Kier molecular flexibility index (Phi) is 4.56. The molecule has 148 valence electrons. The minimum Gasteiger partial charge on any atom is -0.444 e. The van der Waals surface area contributed by atoms with Crippen molar-refractivity contribution in [1.82, 2.24) is 19.9 Å². The predicted octanol–water partition coefficient (Wildman–Crippen LogP) is 3.30. The highest BCUT2D eigenvalue weighted by Crippen LogP contribution is 2.52. The molecule has 2 aromatic rings. The van der Waals surface area contributed by atoms with Crippen LogP contribution >= 0.6 is 15.9 Å². The molecule has 1 aliphatic heterocycles. The van der Waals surface area contributed by atoms with Crippen LogP contribution in [0.5, 0.6) is 0 Å². The summed E-state index contributed by atoms with van der Waals surface area (Å²) < 4.78 is 6.34. The second-order valence-corrected chi connectivity index (χ2v) is 9.38. The number of rotatable bonds is 2. The maximum atomic E-state index is 12.8. The Bertz CT molecular complexity index is 992. The Morgan fingerprint density at radius 1 is 1.32 bits per heavy atom. The Hall–Kier alpha value is -2.22. The number of H-pyrrole nitrogens is 1. The van der Waals surface area contributed by atoms with E-state index in [1.807, 2.05) is 33.0 Å². The summed E-state index contributed by atoms with van der Waals surface area (Å²) in [6, 6.07) is 2.03. The Labute approximate surface area is 171 Å². The molecule has 0 spiro atoms. The van der Waals surface area contributed by atoms with Crippen LogP contribution in [0.25, 0.3) is 0 Å². The molecule has 8 heteroatoms. The van der Waals surface area contributed by atoms with E-state index in [0.29, 0.717) is 24.4 Å².